The van der Waals surface area contributed by atoms with Crippen LogP contribution in [0, 0.1) is 17.2 Å². The first-order chi connectivity index (χ1) is 20.1. The van der Waals surface area contributed by atoms with E-state index < -0.39 is 24.3 Å². The SMILES string of the molecule is CC(=O)N1CCC(CC(=O)N2CCN(C(c3ccccc3)c3ccc(OCC(F)(F)F)c(F)c3)C[C@@H]2C(C)(C)C)C[C@H]1C. The highest BCUT2D eigenvalue weighted by Crippen LogP contribution is 2.37. The van der Waals surface area contributed by atoms with Crippen LogP contribution in [0.3, 0.4) is 0 Å². The molecule has 0 N–H and O–H groups in total. The molecule has 4 atom stereocenters. The zero-order valence-electron chi connectivity index (χ0n) is 25.7. The van der Waals surface area contributed by atoms with Gasteiger partial charge in [0.25, 0.3) is 0 Å². The molecule has 4 rings (SSSR count). The highest BCUT2D eigenvalue weighted by molar-refractivity contribution is 5.77. The van der Waals surface area contributed by atoms with Crippen LogP contribution in [0.1, 0.15) is 71.0 Å². The molecule has 43 heavy (non-hydrogen) atoms. The zero-order chi connectivity index (χ0) is 31.5. The lowest BCUT2D eigenvalue weighted by Gasteiger charge is -2.50. The summed E-state index contributed by atoms with van der Waals surface area (Å²) in [7, 11) is 0. The Hall–Kier alpha value is -3.14. The monoisotopic (exact) mass is 605 g/mol. The van der Waals surface area contributed by atoms with Gasteiger partial charge < -0.3 is 14.5 Å². The molecule has 10 heteroatoms. The molecule has 0 bridgehead atoms. The van der Waals surface area contributed by atoms with Crippen LogP contribution in [-0.2, 0) is 9.59 Å². The van der Waals surface area contributed by atoms with Crippen LogP contribution in [0.5, 0.6) is 5.75 Å². The standard InChI is InChI=1S/C33H43F4N3O3/c1-22-17-24(13-14-39(22)23(2)41)18-30(42)40-16-15-38(20-29(40)32(3,4)5)31(25-9-7-6-8-10-25)26-11-12-28(27(34)19-26)43-21-33(35,36)37/h6-12,19,22,24,29,31H,13-18,20-21H2,1-5H3/t22-,24?,29-,31?/m1/s1. The Morgan fingerprint density at radius 3 is 2.26 bits per heavy atom. The van der Waals surface area contributed by atoms with Crippen LogP contribution in [0.4, 0.5) is 17.6 Å². The number of nitrogens with zero attached hydrogens (tertiary/aromatic N) is 3. The van der Waals surface area contributed by atoms with Crippen LogP contribution >= 0.6 is 0 Å². The number of rotatable bonds is 7. The number of carbonyl (C=O) groups excluding carboxylic acids is 2. The summed E-state index contributed by atoms with van der Waals surface area (Å²) in [4.78, 5) is 31.8. The largest absolute Gasteiger partial charge is 0.481 e. The molecule has 6 nitrogen and oxygen atoms in total. The molecule has 2 aliphatic rings. The van der Waals surface area contributed by atoms with Gasteiger partial charge in [-0.1, -0.05) is 57.2 Å². The lowest BCUT2D eigenvalue weighted by molar-refractivity contribution is -0.153. The van der Waals surface area contributed by atoms with Crippen LogP contribution in [0.2, 0.25) is 0 Å². The second-order valence-electron chi connectivity index (χ2n) is 13.0. The van der Waals surface area contributed by atoms with Gasteiger partial charge in [0.1, 0.15) is 0 Å². The molecule has 0 aromatic heterocycles. The minimum atomic E-state index is -4.57. The van der Waals surface area contributed by atoms with Crippen molar-refractivity contribution in [3.8, 4) is 5.75 Å². The number of hydrogen-bond acceptors (Lipinski definition) is 4. The molecule has 2 unspecified atom stereocenters. The van der Waals surface area contributed by atoms with Crippen molar-refractivity contribution in [3.63, 3.8) is 0 Å². The number of piperidine rings is 1. The fourth-order valence-electron chi connectivity index (χ4n) is 6.58. The molecular weight excluding hydrogens is 562 g/mol. The lowest BCUT2D eigenvalue weighted by Crippen LogP contribution is -2.60. The molecule has 2 aromatic carbocycles. The van der Waals surface area contributed by atoms with E-state index in [2.05, 4.69) is 25.7 Å². The number of carbonyl (C=O) groups is 2. The smallest absolute Gasteiger partial charge is 0.422 e. The average molecular weight is 606 g/mol. The normalized spacial score (nSPS) is 22.8. The molecule has 2 aromatic rings. The lowest BCUT2D eigenvalue weighted by atomic mass is 9.82. The predicted molar refractivity (Wildman–Crippen MR) is 157 cm³/mol. The Bertz CT molecular complexity index is 1260. The van der Waals surface area contributed by atoms with E-state index in [0.29, 0.717) is 38.2 Å². The second kappa shape index (κ2) is 13.2. The van der Waals surface area contributed by atoms with E-state index in [1.807, 2.05) is 47.1 Å². The van der Waals surface area contributed by atoms with Crippen LogP contribution < -0.4 is 4.74 Å². The average Bonchev–Trinajstić information content (AvgIpc) is 2.92. The number of benzene rings is 2. The first kappa shape index (κ1) is 32.8. The van der Waals surface area contributed by atoms with Crippen molar-refractivity contribution < 1.29 is 31.9 Å². The van der Waals surface area contributed by atoms with Crippen molar-refractivity contribution in [2.75, 3.05) is 32.8 Å². The number of piperazine rings is 1. The molecule has 0 radical (unpaired) electrons. The van der Waals surface area contributed by atoms with Crippen molar-refractivity contribution in [1.29, 1.82) is 0 Å². The molecule has 236 valence electrons. The maximum atomic E-state index is 15.0. The Kier molecular flexibility index (Phi) is 10.1. The minimum Gasteiger partial charge on any atom is -0.481 e. The number of halogens is 4. The van der Waals surface area contributed by atoms with Crippen molar-refractivity contribution in [2.24, 2.45) is 11.3 Å². The summed E-state index contributed by atoms with van der Waals surface area (Å²) in [5.41, 5.74) is 1.27. The van der Waals surface area contributed by atoms with Gasteiger partial charge in [-0.3, -0.25) is 14.5 Å². The van der Waals surface area contributed by atoms with Gasteiger partial charge in [0, 0.05) is 51.6 Å². The van der Waals surface area contributed by atoms with Gasteiger partial charge in [0.15, 0.2) is 18.2 Å². The van der Waals surface area contributed by atoms with E-state index in [1.54, 1.807) is 13.0 Å². The first-order valence-corrected chi connectivity index (χ1v) is 15.0. The quantitative estimate of drug-likeness (QED) is 0.341. The summed E-state index contributed by atoms with van der Waals surface area (Å²) >= 11 is 0. The van der Waals surface area contributed by atoms with Crippen LogP contribution in [0.15, 0.2) is 48.5 Å². The van der Waals surface area contributed by atoms with Gasteiger partial charge in [-0.2, -0.15) is 13.2 Å². The summed E-state index contributed by atoms with van der Waals surface area (Å²) in [6, 6.07) is 13.3. The van der Waals surface area contributed by atoms with Gasteiger partial charge in [-0.15, -0.1) is 0 Å². The van der Waals surface area contributed by atoms with E-state index >= 15 is 4.39 Å². The van der Waals surface area contributed by atoms with Crippen molar-refractivity contribution >= 4 is 11.8 Å². The highest BCUT2D eigenvalue weighted by atomic mass is 19.4. The number of likely N-dealkylation sites (tertiary alicyclic amines) is 1. The van der Waals surface area contributed by atoms with E-state index in [-0.39, 0.29) is 41.3 Å². The second-order valence-corrected chi connectivity index (χ2v) is 13.0. The maximum Gasteiger partial charge on any atom is 0.422 e. The Balaban J connectivity index is 1.55. The minimum absolute atomic E-state index is 0.0671. The van der Waals surface area contributed by atoms with Gasteiger partial charge in [0.2, 0.25) is 11.8 Å². The van der Waals surface area contributed by atoms with E-state index in [9.17, 15) is 22.8 Å². The molecular formula is C33H43F4N3O3. The van der Waals surface area contributed by atoms with E-state index in [4.69, 9.17) is 4.74 Å². The third kappa shape index (κ3) is 8.28. The van der Waals surface area contributed by atoms with Gasteiger partial charge in [0.05, 0.1) is 6.04 Å². The molecule has 2 fully saturated rings. The van der Waals surface area contributed by atoms with E-state index in [1.165, 1.54) is 12.1 Å². The summed E-state index contributed by atoms with van der Waals surface area (Å²) in [5, 5.41) is 0. The summed E-state index contributed by atoms with van der Waals surface area (Å²) in [6.07, 6.45) is -2.52. The first-order valence-electron chi connectivity index (χ1n) is 15.0. The number of alkyl halides is 3. The molecule has 0 spiro atoms. The fourth-order valence-corrected chi connectivity index (χ4v) is 6.58. The van der Waals surface area contributed by atoms with Gasteiger partial charge >= 0.3 is 6.18 Å². The number of amides is 2. The van der Waals surface area contributed by atoms with Crippen molar-refractivity contribution in [3.05, 3.63) is 65.5 Å². The van der Waals surface area contributed by atoms with E-state index in [0.717, 1.165) is 18.4 Å². The van der Waals surface area contributed by atoms with Gasteiger partial charge in [-0.25, -0.2) is 4.39 Å². The Morgan fingerprint density at radius 2 is 1.67 bits per heavy atom. The zero-order valence-corrected chi connectivity index (χ0v) is 25.7. The molecule has 2 aliphatic heterocycles. The van der Waals surface area contributed by atoms with Crippen molar-refractivity contribution in [1.82, 2.24) is 14.7 Å². The highest BCUT2D eigenvalue weighted by Gasteiger charge is 2.41. The van der Waals surface area contributed by atoms with Gasteiger partial charge in [-0.05, 0) is 54.4 Å². The molecule has 2 heterocycles. The number of ether oxygens (including phenoxy) is 1. The molecule has 0 saturated carbocycles. The Morgan fingerprint density at radius 1 is 0.977 bits per heavy atom. The maximum absolute atomic E-state index is 15.0. The third-order valence-corrected chi connectivity index (χ3v) is 8.73. The summed E-state index contributed by atoms with van der Waals surface area (Å²) < 4.78 is 57.7. The third-order valence-electron chi connectivity index (χ3n) is 8.73. The fraction of sp³-hybridized carbons (Fsp3) is 0.576. The van der Waals surface area contributed by atoms with Crippen LogP contribution in [-0.4, -0.2) is 77.6 Å². The molecule has 0 aliphatic carbocycles. The Labute approximate surface area is 252 Å². The summed E-state index contributed by atoms with van der Waals surface area (Å²) in [6.45, 7) is 10.6. The molecule has 2 saturated heterocycles. The number of hydrogen-bond donors (Lipinski definition) is 0. The predicted octanol–water partition coefficient (Wildman–Crippen LogP) is 6.45. The summed E-state index contributed by atoms with van der Waals surface area (Å²) in [5.74, 6) is -0.901. The van der Waals surface area contributed by atoms with Crippen LogP contribution in [0.25, 0.3) is 0 Å². The topological polar surface area (TPSA) is 53.1 Å². The molecule has 2 amide bonds. The van der Waals surface area contributed by atoms with Crippen molar-refractivity contribution in [2.45, 2.75) is 78.2 Å².